The van der Waals surface area contributed by atoms with Crippen LogP contribution in [0.1, 0.15) is 66.7 Å². The minimum atomic E-state index is -0.162. The first-order valence-electron chi connectivity index (χ1n) is 8.49. The van der Waals surface area contributed by atoms with Crippen molar-refractivity contribution >= 4 is 5.97 Å². The Labute approximate surface area is 145 Å². The van der Waals surface area contributed by atoms with Crippen molar-refractivity contribution in [1.82, 2.24) is 0 Å². The van der Waals surface area contributed by atoms with Crippen LogP contribution in [0.25, 0.3) is 0 Å². The Morgan fingerprint density at radius 1 is 1.21 bits per heavy atom. The fourth-order valence-electron chi connectivity index (χ4n) is 1.25. The standard InChI is InChI=1S/C8H14O3.C6H10O2.C4H10O/c1-7(5-9)10-6-11-8(2)3-4-8;1-5(7)8-6(2)3-4-6;1-3-4(2)5/h9H,1,3-6H2,2H3;3-4H2,1-2H3;4-5H,3H2,1-2H3. The molecule has 0 aromatic rings. The quantitative estimate of drug-likeness (QED) is 0.419. The van der Waals surface area contributed by atoms with Gasteiger partial charge >= 0.3 is 5.97 Å². The minimum absolute atomic E-state index is 0.0374. The largest absolute Gasteiger partial charge is 0.470 e. The van der Waals surface area contributed by atoms with Gasteiger partial charge in [0.25, 0.3) is 0 Å². The molecule has 0 heterocycles. The summed E-state index contributed by atoms with van der Waals surface area (Å²) in [5.41, 5.74) is -0.0401. The van der Waals surface area contributed by atoms with Crippen LogP contribution < -0.4 is 0 Å². The van der Waals surface area contributed by atoms with Gasteiger partial charge in [-0.2, -0.15) is 0 Å². The van der Waals surface area contributed by atoms with Crippen LogP contribution >= 0.6 is 0 Å². The Kier molecular flexibility index (Phi) is 10.2. The molecule has 24 heavy (non-hydrogen) atoms. The van der Waals surface area contributed by atoms with Gasteiger partial charge in [0.15, 0.2) is 6.79 Å². The van der Waals surface area contributed by atoms with E-state index >= 15 is 0 Å². The van der Waals surface area contributed by atoms with Crippen molar-refractivity contribution in [2.45, 2.75) is 84.0 Å². The summed E-state index contributed by atoms with van der Waals surface area (Å²) in [5.74, 6) is 0.194. The van der Waals surface area contributed by atoms with Gasteiger partial charge in [-0.05, 0) is 52.9 Å². The predicted molar refractivity (Wildman–Crippen MR) is 92.3 cm³/mol. The highest BCUT2D eigenvalue weighted by Gasteiger charge is 2.40. The number of carbonyl (C=O) groups excluding carboxylic acids is 1. The van der Waals surface area contributed by atoms with Gasteiger partial charge in [0.1, 0.15) is 11.4 Å². The maximum absolute atomic E-state index is 10.3. The van der Waals surface area contributed by atoms with Crippen molar-refractivity contribution in [2.24, 2.45) is 0 Å². The molecule has 0 bridgehead atoms. The third-order valence-corrected chi connectivity index (χ3v) is 3.74. The highest BCUT2D eigenvalue weighted by Crippen LogP contribution is 2.39. The first-order valence-corrected chi connectivity index (χ1v) is 8.49. The van der Waals surface area contributed by atoms with Crippen molar-refractivity contribution in [3.05, 3.63) is 12.3 Å². The maximum Gasteiger partial charge on any atom is 0.303 e. The van der Waals surface area contributed by atoms with Crippen molar-refractivity contribution in [1.29, 1.82) is 0 Å². The number of carbonyl (C=O) groups is 1. The minimum Gasteiger partial charge on any atom is -0.470 e. The van der Waals surface area contributed by atoms with E-state index in [0.29, 0.717) is 5.76 Å². The van der Waals surface area contributed by atoms with E-state index in [1.165, 1.54) is 6.92 Å². The average Bonchev–Trinajstić information content (AvgIpc) is 3.40. The second kappa shape index (κ2) is 10.7. The predicted octanol–water partition coefficient (Wildman–Crippen LogP) is 2.91. The maximum atomic E-state index is 10.3. The van der Waals surface area contributed by atoms with Gasteiger partial charge in [0.2, 0.25) is 0 Å². The van der Waals surface area contributed by atoms with Crippen LogP contribution in [0.5, 0.6) is 0 Å². The van der Waals surface area contributed by atoms with Gasteiger partial charge in [-0.15, -0.1) is 0 Å². The zero-order chi connectivity index (χ0) is 18.8. The number of esters is 1. The van der Waals surface area contributed by atoms with E-state index in [2.05, 4.69) is 6.58 Å². The second-order valence-electron chi connectivity index (χ2n) is 6.85. The average molecular weight is 346 g/mol. The molecule has 6 nitrogen and oxygen atoms in total. The molecule has 2 aliphatic rings. The Morgan fingerprint density at radius 3 is 1.92 bits per heavy atom. The molecule has 0 aromatic heterocycles. The lowest BCUT2D eigenvalue weighted by molar-refractivity contribution is -0.147. The van der Waals surface area contributed by atoms with Crippen LogP contribution in [-0.4, -0.2) is 46.9 Å². The monoisotopic (exact) mass is 346 g/mol. The van der Waals surface area contributed by atoms with Crippen LogP contribution in [0.15, 0.2) is 12.3 Å². The lowest BCUT2D eigenvalue weighted by atomic mass is 10.3. The Morgan fingerprint density at radius 2 is 1.67 bits per heavy atom. The summed E-state index contributed by atoms with van der Waals surface area (Å²) in [6.07, 6.45) is 5.01. The summed E-state index contributed by atoms with van der Waals surface area (Å²) in [6, 6.07) is 0. The topological polar surface area (TPSA) is 85.2 Å². The summed E-state index contributed by atoms with van der Waals surface area (Å²) < 4.78 is 15.2. The van der Waals surface area contributed by atoms with E-state index < -0.39 is 0 Å². The van der Waals surface area contributed by atoms with Crippen LogP contribution in [0.3, 0.4) is 0 Å². The fourth-order valence-corrected chi connectivity index (χ4v) is 1.25. The van der Waals surface area contributed by atoms with E-state index in [9.17, 15) is 4.79 Å². The zero-order valence-electron chi connectivity index (χ0n) is 15.8. The molecule has 0 saturated heterocycles. The molecule has 0 amide bonds. The van der Waals surface area contributed by atoms with Crippen LogP contribution in [-0.2, 0) is 19.0 Å². The number of hydrogen-bond donors (Lipinski definition) is 2. The summed E-state index contributed by atoms with van der Waals surface area (Å²) in [7, 11) is 0. The van der Waals surface area contributed by atoms with E-state index in [1.807, 2.05) is 20.8 Å². The van der Waals surface area contributed by atoms with Gasteiger partial charge in [-0.3, -0.25) is 4.79 Å². The lowest BCUT2D eigenvalue weighted by Gasteiger charge is -2.11. The molecule has 1 unspecified atom stereocenters. The van der Waals surface area contributed by atoms with Gasteiger partial charge in [0.05, 0.1) is 18.3 Å². The van der Waals surface area contributed by atoms with E-state index in [-0.39, 0.29) is 36.7 Å². The van der Waals surface area contributed by atoms with E-state index in [4.69, 9.17) is 24.4 Å². The zero-order valence-corrected chi connectivity index (χ0v) is 15.8. The van der Waals surface area contributed by atoms with E-state index in [1.54, 1.807) is 6.92 Å². The molecule has 142 valence electrons. The highest BCUT2D eigenvalue weighted by molar-refractivity contribution is 5.66. The SMILES string of the molecule is C=C(CO)OCOC1(C)CC1.CC(=O)OC1(C)CC1.CCC(C)O. The third kappa shape index (κ3) is 13.3. The van der Waals surface area contributed by atoms with Crippen molar-refractivity contribution < 1.29 is 29.2 Å². The normalized spacial score (nSPS) is 19.5. The van der Waals surface area contributed by atoms with Crippen LogP contribution in [0, 0.1) is 0 Å². The number of hydrogen-bond acceptors (Lipinski definition) is 6. The molecule has 2 saturated carbocycles. The third-order valence-electron chi connectivity index (χ3n) is 3.74. The number of rotatable bonds is 7. The van der Waals surface area contributed by atoms with Gasteiger partial charge < -0.3 is 24.4 Å². The fraction of sp³-hybridized carbons (Fsp3) is 0.833. The number of aliphatic hydroxyl groups is 2. The molecule has 0 aliphatic heterocycles. The van der Waals surface area contributed by atoms with Crippen molar-refractivity contribution in [2.75, 3.05) is 13.4 Å². The van der Waals surface area contributed by atoms with Gasteiger partial charge in [0, 0.05) is 6.92 Å². The first-order chi connectivity index (χ1) is 11.1. The first kappa shape index (κ1) is 22.9. The molecule has 2 N–H and O–H groups in total. The molecule has 1 atom stereocenters. The Bertz CT molecular complexity index is 383. The molecule has 2 fully saturated rings. The van der Waals surface area contributed by atoms with Crippen LogP contribution in [0.2, 0.25) is 0 Å². The number of aliphatic hydroxyl groups excluding tert-OH is 2. The highest BCUT2D eigenvalue weighted by atomic mass is 16.7. The molecule has 0 spiro atoms. The Balaban J connectivity index is 0.000000358. The van der Waals surface area contributed by atoms with Gasteiger partial charge in [-0.25, -0.2) is 0 Å². The molecule has 6 heteroatoms. The molecule has 0 aromatic carbocycles. The van der Waals surface area contributed by atoms with Crippen molar-refractivity contribution in [3.63, 3.8) is 0 Å². The number of ether oxygens (including phenoxy) is 3. The molecule has 2 aliphatic carbocycles. The van der Waals surface area contributed by atoms with Gasteiger partial charge in [-0.1, -0.05) is 13.5 Å². The summed E-state index contributed by atoms with van der Waals surface area (Å²) in [6.45, 7) is 12.7. The molecule has 0 radical (unpaired) electrons. The molecular formula is C18H34O6. The van der Waals surface area contributed by atoms with Crippen LogP contribution in [0.4, 0.5) is 0 Å². The molecule has 2 rings (SSSR count). The Hall–Kier alpha value is -1.11. The smallest absolute Gasteiger partial charge is 0.303 e. The summed E-state index contributed by atoms with van der Waals surface area (Å²) in [4.78, 5) is 10.3. The van der Waals surface area contributed by atoms with Crippen molar-refractivity contribution in [3.8, 4) is 0 Å². The summed E-state index contributed by atoms with van der Waals surface area (Å²) >= 11 is 0. The van der Waals surface area contributed by atoms with E-state index in [0.717, 1.165) is 32.1 Å². The summed E-state index contributed by atoms with van der Waals surface area (Å²) in [5, 5.41) is 16.9. The second-order valence-corrected chi connectivity index (χ2v) is 6.85. The lowest BCUT2D eigenvalue weighted by Crippen LogP contribution is -2.12. The molecular weight excluding hydrogens is 312 g/mol.